The zero-order valence-corrected chi connectivity index (χ0v) is 16.4. The topological polar surface area (TPSA) is 80.5 Å². The van der Waals surface area contributed by atoms with Crippen molar-refractivity contribution in [3.63, 3.8) is 0 Å². The standard InChI is InChI=1S/C20H22N4O3S/c1-20(26,5-8-24-7-2-6-22-24)16-3-4-17-15(11-16)13-23(9-10-27-17)19(25)18-12-21-14-28-18/h2-4,6-7,11-12,14,26H,5,8-10,13H2,1H3. The Bertz CT molecular complexity index is 939. The molecular formula is C20H22N4O3S. The Balaban J connectivity index is 1.54. The van der Waals surface area contributed by atoms with Crippen LogP contribution in [0, 0.1) is 0 Å². The molecule has 0 bridgehead atoms. The average Bonchev–Trinajstić information content (AvgIpc) is 3.36. The zero-order valence-electron chi connectivity index (χ0n) is 15.6. The highest BCUT2D eigenvalue weighted by molar-refractivity contribution is 7.11. The number of nitrogens with zero attached hydrogens (tertiary/aromatic N) is 4. The van der Waals surface area contributed by atoms with E-state index in [0.717, 1.165) is 16.9 Å². The largest absolute Gasteiger partial charge is 0.491 e. The highest BCUT2D eigenvalue weighted by Gasteiger charge is 2.27. The van der Waals surface area contributed by atoms with Crippen LogP contribution in [0.4, 0.5) is 0 Å². The molecule has 0 saturated carbocycles. The summed E-state index contributed by atoms with van der Waals surface area (Å²) >= 11 is 1.33. The van der Waals surface area contributed by atoms with E-state index in [1.54, 1.807) is 34.4 Å². The second-order valence-electron chi connectivity index (χ2n) is 7.06. The Morgan fingerprint density at radius 3 is 3.07 bits per heavy atom. The molecule has 1 unspecified atom stereocenters. The van der Waals surface area contributed by atoms with Crippen LogP contribution >= 0.6 is 11.3 Å². The van der Waals surface area contributed by atoms with Gasteiger partial charge in [-0.1, -0.05) is 6.07 Å². The maximum Gasteiger partial charge on any atom is 0.265 e. The fraction of sp³-hybridized carbons (Fsp3) is 0.350. The molecule has 0 saturated heterocycles. The van der Waals surface area contributed by atoms with Crippen molar-refractivity contribution in [3.05, 3.63) is 64.4 Å². The first kappa shape index (κ1) is 18.6. The van der Waals surface area contributed by atoms with Crippen molar-refractivity contribution in [1.82, 2.24) is 19.7 Å². The molecule has 0 spiro atoms. The fourth-order valence-electron chi connectivity index (χ4n) is 3.29. The number of fused-ring (bicyclic) bond motifs is 1. The van der Waals surface area contributed by atoms with Crippen LogP contribution < -0.4 is 4.74 Å². The molecule has 1 aliphatic rings. The molecule has 3 heterocycles. The molecule has 1 aliphatic heterocycles. The van der Waals surface area contributed by atoms with Gasteiger partial charge in [-0.05, 0) is 37.1 Å². The zero-order chi connectivity index (χ0) is 19.6. The molecule has 4 rings (SSSR count). The van der Waals surface area contributed by atoms with Crippen molar-refractivity contribution in [2.75, 3.05) is 13.2 Å². The van der Waals surface area contributed by atoms with E-state index >= 15 is 0 Å². The van der Waals surface area contributed by atoms with Gasteiger partial charge in [0.1, 0.15) is 17.2 Å². The number of aryl methyl sites for hydroxylation is 1. The van der Waals surface area contributed by atoms with Crippen molar-refractivity contribution < 1.29 is 14.6 Å². The summed E-state index contributed by atoms with van der Waals surface area (Å²) in [6.07, 6.45) is 5.72. The fourth-order valence-corrected chi connectivity index (χ4v) is 3.88. The summed E-state index contributed by atoms with van der Waals surface area (Å²) in [5, 5.41) is 15.2. The summed E-state index contributed by atoms with van der Waals surface area (Å²) in [5.74, 6) is 0.709. The second-order valence-corrected chi connectivity index (χ2v) is 7.94. The van der Waals surface area contributed by atoms with Gasteiger partial charge in [0.05, 0.1) is 23.9 Å². The second kappa shape index (κ2) is 7.73. The maximum atomic E-state index is 12.7. The predicted octanol–water partition coefficient (Wildman–Crippen LogP) is 2.67. The molecule has 0 fully saturated rings. The third-order valence-electron chi connectivity index (χ3n) is 4.98. The van der Waals surface area contributed by atoms with Gasteiger partial charge in [0.25, 0.3) is 5.91 Å². The van der Waals surface area contributed by atoms with Crippen molar-refractivity contribution in [3.8, 4) is 5.75 Å². The van der Waals surface area contributed by atoms with Crippen LogP contribution in [-0.4, -0.2) is 43.8 Å². The number of hydrogen-bond donors (Lipinski definition) is 1. The summed E-state index contributed by atoms with van der Waals surface area (Å²) in [5.41, 5.74) is 2.34. The van der Waals surface area contributed by atoms with Crippen LogP contribution in [0.3, 0.4) is 0 Å². The van der Waals surface area contributed by atoms with Crippen molar-refractivity contribution in [1.29, 1.82) is 0 Å². The first-order chi connectivity index (χ1) is 13.5. The lowest BCUT2D eigenvalue weighted by atomic mass is 9.91. The number of carbonyl (C=O) groups excluding carboxylic acids is 1. The van der Waals surface area contributed by atoms with E-state index in [4.69, 9.17) is 4.74 Å². The minimum atomic E-state index is -1.01. The number of amides is 1. The molecule has 0 aliphatic carbocycles. The number of rotatable bonds is 5. The van der Waals surface area contributed by atoms with Gasteiger partial charge in [-0.25, -0.2) is 0 Å². The van der Waals surface area contributed by atoms with Crippen molar-refractivity contribution in [2.24, 2.45) is 0 Å². The number of ether oxygens (including phenoxy) is 1. The summed E-state index contributed by atoms with van der Waals surface area (Å²) in [6.45, 7) is 3.80. The van der Waals surface area contributed by atoms with Gasteiger partial charge in [-0.3, -0.25) is 14.5 Å². The van der Waals surface area contributed by atoms with Crippen LogP contribution in [0.15, 0.2) is 48.4 Å². The molecule has 3 aromatic rings. The molecule has 2 aromatic heterocycles. The SMILES string of the molecule is CC(O)(CCn1cccn1)c1ccc2c(c1)CN(C(=O)c1cncs1)CCO2. The number of benzene rings is 1. The molecule has 7 nitrogen and oxygen atoms in total. The molecule has 1 amide bonds. The van der Waals surface area contributed by atoms with Crippen LogP contribution in [0.1, 0.15) is 34.1 Å². The van der Waals surface area contributed by atoms with Gasteiger partial charge in [0.15, 0.2) is 0 Å². The first-order valence-corrected chi connectivity index (χ1v) is 10.0. The summed E-state index contributed by atoms with van der Waals surface area (Å²) in [4.78, 5) is 19.1. The van der Waals surface area contributed by atoms with Gasteiger partial charge in [-0.2, -0.15) is 5.10 Å². The number of aliphatic hydroxyl groups is 1. The van der Waals surface area contributed by atoms with E-state index in [1.165, 1.54) is 11.3 Å². The lowest BCUT2D eigenvalue weighted by molar-refractivity contribution is 0.0419. The van der Waals surface area contributed by atoms with Gasteiger partial charge in [0.2, 0.25) is 0 Å². The third-order valence-corrected chi connectivity index (χ3v) is 5.74. The lowest BCUT2D eigenvalue weighted by Gasteiger charge is -2.25. The number of carbonyl (C=O) groups is 1. The summed E-state index contributed by atoms with van der Waals surface area (Å²) < 4.78 is 7.63. The quantitative estimate of drug-likeness (QED) is 0.715. The molecule has 146 valence electrons. The number of hydrogen-bond acceptors (Lipinski definition) is 6. The molecule has 1 aromatic carbocycles. The van der Waals surface area contributed by atoms with Crippen molar-refractivity contribution in [2.45, 2.75) is 32.0 Å². The predicted molar refractivity (Wildman–Crippen MR) is 105 cm³/mol. The van der Waals surface area contributed by atoms with Gasteiger partial charge >= 0.3 is 0 Å². The smallest absolute Gasteiger partial charge is 0.265 e. The summed E-state index contributed by atoms with van der Waals surface area (Å²) in [6, 6.07) is 7.58. The number of aromatic nitrogens is 3. The normalized spacial score (nSPS) is 16.0. The highest BCUT2D eigenvalue weighted by atomic mass is 32.1. The third kappa shape index (κ3) is 3.93. The Morgan fingerprint density at radius 1 is 1.43 bits per heavy atom. The first-order valence-electron chi connectivity index (χ1n) is 9.17. The average molecular weight is 398 g/mol. The van der Waals surface area contributed by atoms with Crippen LogP contribution in [0.25, 0.3) is 0 Å². The maximum absolute atomic E-state index is 12.7. The molecular weight excluding hydrogens is 376 g/mol. The molecule has 1 N–H and O–H groups in total. The molecule has 8 heteroatoms. The van der Waals surface area contributed by atoms with E-state index in [2.05, 4.69) is 10.1 Å². The monoisotopic (exact) mass is 398 g/mol. The van der Waals surface area contributed by atoms with Gasteiger partial charge in [0, 0.05) is 31.0 Å². The Labute approximate surface area is 167 Å². The molecule has 1 atom stereocenters. The van der Waals surface area contributed by atoms with Crippen LogP contribution in [0.5, 0.6) is 5.75 Å². The van der Waals surface area contributed by atoms with Gasteiger partial charge < -0.3 is 14.7 Å². The van der Waals surface area contributed by atoms with E-state index in [1.807, 2.05) is 30.5 Å². The summed E-state index contributed by atoms with van der Waals surface area (Å²) in [7, 11) is 0. The molecule has 0 radical (unpaired) electrons. The Hall–Kier alpha value is -2.71. The van der Waals surface area contributed by atoms with E-state index in [0.29, 0.717) is 37.5 Å². The Morgan fingerprint density at radius 2 is 2.32 bits per heavy atom. The lowest BCUT2D eigenvalue weighted by Crippen LogP contribution is -2.32. The minimum Gasteiger partial charge on any atom is -0.491 e. The van der Waals surface area contributed by atoms with Crippen LogP contribution in [-0.2, 0) is 18.7 Å². The van der Waals surface area contributed by atoms with Crippen molar-refractivity contribution >= 4 is 17.2 Å². The molecule has 28 heavy (non-hydrogen) atoms. The Kier molecular flexibility index (Phi) is 5.15. The highest BCUT2D eigenvalue weighted by Crippen LogP contribution is 2.32. The van der Waals surface area contributed by atoms with Gasteiger partial charge in [-0.15, -0.1) is 11.3 Å². The van der Waals surface area contributed by atoms with E-state index < -0.39 is 5.60 Å². The van der Waals surface area contributed by atoms with E-state index in [-0.39, 0.29) is 5.91 Å². The number of thiazole rings is 1. The van der Waals surface area contributed by atoms with E-state index in [9.17, 15) is 9.90 Å². The minimum absolute atomic E-state index is 0.0465. The van der Waals surface area contributed by atoms with Crippen LogP contribution in [0.2, 0.25) is 0 Å².